The summed E-state index contributed by atoms with van der Waals surface area (Å²) in [5, 5.41) is 20.7. The minimum absolute atomic E-state index is 0.313. The fraction of sp³-hybridized carbons (Fsp3) is 0.588. The third-order valence-corrected chi connectivity index (χ3v) is 4.24. The fourth-order valence-electron chi connectivity index (χ4n) is 2.93. The van der Waals surface area contributed by atoms with Gasteiger partial charge in [0.25, 0.3) is 0 Å². The Morgan fingerprint density at radius 1 is 1.45 bits per heavy atom. The van der Waals surface area contributed by atoms with E-state index in [-0.39, 0.29) is 0 Å². The summed E-state index contributed by atoms with van der Waals surface area (Å²) in [6.45, 7) is 2.50. The minimum atomic E-state index is -0.436. The molecule has 3 heteroatoms. The Bertz CT molecular complexity index is 423. The zero-order valence-electron chi connectivity index (χ0n) is 12.3. The van der Waals surface area contributed by atoms with Gasteiger partial charge in [-0.05, 0) is 39.0 Å². The number of hydrogen-bond acceptors (Lipinski definition) is 3. The van der Waals surface area contributed by atoms with E-state index < -0.39 is 6.23 Å². The van der Waals surface area contributed by atoms with E-state index in [1.165, 1.54) is 5.57 Å². The van der Waals surface area contributed by atoms with Crippen LogP contribution in [0.15, 0.2) is 36.0 Å². The van der Waals surface area contributed by atoms with Crippen LogP contribution in [0.5, 0.6) is 0 Å². The van der Waals surface area contributed by atoms with Gasteiger partial charge in [0.05, 0.1) is 0 Å². The summed E-state index contributed by atoms with van der Waals surface area (Å²) in [6, 6.07) is 0. The number of nitrogens with one attached hydrogen (secondary N) is 2. The summed E-state index contributed by atoms with van der Waals surface area (Å²) in [6.07, 6.45) is 15.6. The van der Waals surface area contributed by atoms with Gasteiger partial charge in [0, 0.05) is 24.1 Å². The van der Waals surface area contributed by atoms with Crippen molar-refractivity contribution in [3.63, 3.8) is 0 Å². The van der Waals surface area contributed by atoms with Gasteiger partial charge in [-0.2, -0.15) is 0 Å². The Kier molecular flexibility index (Phi) is 5.74. The number of rotatable bonds is 6. The van der Waals surface area contributed by atoms with Crippen LogP contribution in [0, 0.1) is 17.2 Å². The van der Waals surface area contributed by atoms with Crippen LogP contribution in [0.2, 0.25) is 0 Å². The fourth-order valence-corrected chi connectivity index (χ4v) is 2.93. The van der Waals surface area contributed by atoms with E-state index >= 15 is 0 Å². The summed E-state index contributed by atoms with van der Waals surface area (Å²) in [5.74, 6) is 0.888. The van der Waals surface area contributed by atoms with E-state index in [2.05, 4.69) is 35.7 Å². The average Bonchev–Trinajstić information content (AvgIpc) is 2.48. The van der Waals surface area contributed by atoms with Crippen molar-refractivity contribution in [2.45, 2.75) is 45.3 Å². The molecule has 2 aliphatic rings. The van der Waals surface area contributed by atoms with Gasteiger partial charge >= 0.3 is 0 Å². The molecule has 110 valence electrons. The van der Waals surface area contributed by atoms with Gasteiger partial charge < -0.3 is 10.5 Å². The van der Waals surface area contributed by atoms with Crippen molar-refractivity contribution in [3.8, 4) is 0 Å². The van der Waals surface area contributed by atoms with Gasteiger partial charge in [0.2, 0.25) is 0 Å². The van der Waals surface area contributed by atoms with Crippen LogP contribution in [-0.2, 0) is 0 Å². The highest BCUT2D eigenvalue weighted by Gasteiger charge is 2.23. The summed E-state index contributed by atoms with van der Waals surface area (Å²) in [4.78, 5) is 0. The van der Waals surface area contributed by atoms with Crippen molar-refractivity contribution < 1.29 is 5.11 Å². The molecule has 0 spiro atoms. The molecule has 0 aromatic rings. The maximum absolute atomic E-state index is 10.1. The lowest BCUT2D eigenvalue weighted by Crippen LogP contribution is -2.38. The van der Waals surface area contributed by atoms with Gasteiger partial charge in [-0.1, -0.05) is 36.0 Å². The van der Waals surface area contributed by atoms with Gasteiger partial charge in [-0.25, -0.2) is 0 Å². The molecule has 3 atom stereocenters. The molecule has 3 N–H and O–H groups in total. The first-order chi connectivity index (χ1) is 9.66. The predicted octanol–water partition coefficient (Wildman–Crippen LogP) is 3.18. The molecule has 0 bridgehead atoms. The van der Waals surface area contributed by atoms with Crippen LogP contribution in [0.3, 0.4) is 0 Å². The smallest absolute Gasteiger partial charge is 0.108 e. The van der Waals surface area contributed by atoms with Crippen LogP contribution in [0.1, 0.15) is 39.0 Å². The number of aliphatic hydroxyl groups excluding tert-OH is 1. The molecule has 0 aliphatic heterocycles. The molecule has 0 aromatic carbocycles. The summed E-state index contributed by atoms with van der Waals surface area (Å²) in [5.41, 5.74) is 2.19. The third-order valence-electron chi connectivity index (χ3n) is 4.24. The van der Waals surface area contributed by atoms with Crippen LogP contribution < -0.4 is 5.32 Å². The largest absolute Gasteiger partial charge is 0.378 e. The van der Waals surface area contributed by atoms with Crippen molar-refractivity contribution in [3.05, 3.63) is 36.0 Å². The van der Waals surface area contributed by atoms with Crippen molar-refractivity contribution in [1.82, 2.24) is 5.32 Å². The van der Waals surface area contributed by atoms with Crippen molar-refractivity contribution >= 4 is 5.71 Å². The topological polar surface area (TPSA) is 56.1 Å². The molecule has 2 rings (SSSR count). The second-order valence-electron chi connectivity index (χ2n) is 5.90. The lowest BCUT2D eigenvalue weighted by molar-refractivity contribution is 0.0697. The summed E-state index contributed by atoms with van der Waals surface area (Å²) in [7, 11) is 0. The minimum Gasteiger partial charge on any atom is -0.378 e. The van der Waals surface area contributed by atoms with E-state index in [4.69, 9.17) is 5.41 Å². The van der Waals surface area contributed by atoms with Gasteiger partial charge in [-0.3, -0.25) is 5.32 Å². The highest BCUT2D eigenvalue weighted by Crippen LogP contribution is 2.32. The number of hydrogen-bond donors (Lipinski definition) is 3. The first-order valence-electron chi connectivity index (χ1n) is 7.64. The van der Waals surface area contributed by atoms with Crippen molar-refractivity contribution in [1.29, 1.82) is 5.41 Å². The van der Waals surface area contributed by atoms with E-state index in [1.807, 2.05) is 0 Å². The van der Waals surface area contributed by atoms with Crippen molar-refractivity contribution in [2.24, 2.45) is 11.8 Å². The predicted molar refractivity (Wildman–Crippen MR) is 83.8 cm³/mol. The molecule has 0 aromatic heterocycles. The molecule has 0 saturated heterocycles. The Labute approximate surface area is 122 Å². The van der Waals surface area contributed by atoms with E-state index in [0.29, 0.717) is 30.5 Å². The van der Waals surface area contributed by atoms with Crippen LogP contribution >= 0.6 is 0 Å². The molecule has 20 heavy (non-hydrogen) atoms. The molecule has 0 fully saturated rings. The van der Waals surface area contributed by atoms with E-state index in [0.717, 1.165) is 25.7 Å². The Hall–Kier alpha value is -1.19. The Morgan fingerprint density at radius 3 is 2.90 bits per heavy atom. The maximum Gasteiger partial charge on any atom is 0.108 e. The van der Waals surface area contributed by atoms with Crippen LogP contribution in [0.25, 0.3) is 0 Å². The SMILES string of the molecule is CC(=N)CCNC(O)C1CC=C(C2C=CC=CC2)CC1. The molecule has 3 nitrogen and oxygen atoms in total. The van der Waals surface area contributed by atoms with Gasteiger partial charge in [-0.15, -0.1) is 0 Å². The third kappa shape index (κ3) is 4.43. The highest BCUT2D eigenvalue weighted by atomic mass is 16.3. The summed E-state index contributed by atoms with van der Waals surface area (Å²) < 4.78 is 0. The average molecular weight is 274 g/mol. The molecule has 0 heterocycles. The molecule has 0 saturated carbocycles. The van der Waals surface area contributed by atoms with Gasteiger partial charge in [0.1, 0.15) is 6.23 Å². The molecule has 0 radical (unpaired) electrons. The van der Waals surface area contributed by atoms with Crippen molar-refractivity contribution in [2.75, 3.05) is 6.54 Å². The quantitative estimate of drug-likeness (QED) is 0.396. The normalized spacial score (nSPS) is 27.2. The molecule has 3 unspecified atom stereocenters. The molecule has 0 amide bonds. The van der Waals surface area contributed by atoms with Crippen LogP contribution in [0.4, 0.5) is 0 Å². The molecule has 2 aliphatic carbocycles. The number of allylic oxidation sites excluding steroid dienone is 6. The van der Waals surface area contributed by atoms with E-state index in [9.17, 15) is 5.11 Å². The van der Waals surface area contributed by atoms with Crippen LogP contribution in [-0.4, -0.2) is 23.6 Å². The van der Waals surface area contributed by atoms with E-state index in [1.54, 1.807) is 6.92 Å². The second-order valence-corrected chi connectivity index (χ2v) is 5.90. The first-order valence-corrected chi connectivity index (χ1v) is 7.64. The number of aliphatic hydroxyl groups is 1. The first kappa shape index (κ1) is 15.2. The summed E-state index contributed by atoms with van der Waals surface area (Å²) >= 11 is 0. The molecular weight excluding hydrogens is 248 g/mol. The zero-order valence-corrected chi connectivity index (χ0v) is 12.3. The standard InChI is InChI=1S/C17H26N2O/c1-13(18)11-12-19-17(20)16-9-7-15(8-10-16)14-5-3-2-4-6-14/h2-5,7,14,16-20H,6,8-12H2,1H3. The monoisotopic (exact) mass is 274 g/mol. The Balaban J connectivity index is 1.77. The second kappa shape index (κ2) is 7.55. The lowest BCUT2D eigenvalue weighted by Gasteiger charge is -2.29. The lowest BCUT2D eigenvalue weighted by atomic mass is 9.81. The zero-order chi connectivity index (χ0) is 14.4. The van der Waals surface area contributed by atoms with Gasteiger partial charge in [0.15, 0.2) is 0 Å². The Morgan fingerprint density at radius 2 is 2.30 bits per heavy atom. The highest BCUT2D eigenvalue weighted by molar-refractivity contribution is 5.78. The maximum atomic E-state index is 10.1. The molecular formula is C17H26N2O.